The Morgan fingerprint density at radius 3 is 2.95 bits per heavy atom. The zero-order valence-electron chi connectivity index (χ0n) is 11.1. The van der Waals surface area contributed by atoms with Crippen LogP contribution in [0.5, 0.6) is 0 Å². The summed E-state index contributed by atoms with van der Waals surface area (Å²) in [5.74, 6) is 0.999. The summed E-state index contributed by atoms with van der Waals surface area (Å²) in [5.41, 5.74) is 0.667. The summed E-state index contributed by atoms with van der Waals surface area (Å²) in [5, 5.41) is 12.1. The number of fused-ring (bicyclic) bond motifs is 1. The number of thioether (sulfide) groups is 1. The van der Waals surface area contributed by atoms with Crippen molar-refractivity contribution in [2.75, 3.05) is 12.8 Å². The molecule has 19 heavy (non-hydrogen) atoms. The van der Waals surface area contributed by atoms with Gasteiger partial charge in [-0.2, -0.15) is 5.26 Å². The Kier molecular flexibility index (Phi) is 4.81. The molecule has 0 aliphatic rings. The molecule has 0 amide bonds. The van der Waals surface area contributed by atoms with Crippen LogP contribution in [0.4, 0.5) is 0 Å². The van der Waals surface area contributed by atoms with Crippen molar-refractivity contribution >= 4 is 33.3 Å². The molecule has 0 spiro atoms. The van der Waals surface area contributed by atoms with E-state index in [0.717, 1.165) is 28.5 Å². The van der Waals surface area contributed by atoms with Crippen LogP contribution >= 0.6 is 23.1 Å². The first-order chi connectivity index (χ1) is 9.17. The molecular weight excluding hydrogens is 274 g/mol. The maximum Gasteiger partial charge on any atom is 0.151 e. The van der Waals surface area contributed by atoms with Crippen molar-refractivity contribution in [1.82, 2.24) is 10.3 Å². The molecule has 0 aliphatic heterocycles. The van der Waals surface area contributed by atoms with Gasteiger partial charge in [0.2, 0.25) is 0 Å². The number of nitrogens with one attached hydrogen (secondary N) is 1. The van der Waals surface area contributed by atoms with Gasteiger partial charge in [-0.15, -0.1) is 11.3 Å². The molecule has 3 nitrogen and oxygen atoms in total. The predicted octanol–water partition coefficient (Wildman–Crippen LogP) is 3.67. The van der Waals surface area contributed by atoms with E-state index in [0.29, 0.717) is 0 Å². The molecule has 0 saturated heterocycles. The molecule has 0 radical (unpaired) electrons. The van der Waals surface area contributed by atoms with E-state index in [1.165, 1.54) is 4.70 Å². The Bertz CT molecular complexity index is 555. The minimum atomic E-state index is -0.409. The van der Waals surface area contributed by atoms with E-state index in [2.05, 4.69) is 22.4 Å². The van der Waals surface area contributed by atoms with Crippen LogP contribution in [-0.4, -0.2) is 23.3 Å². The van der Waals surface area contributed by atoms with Gasteiger partial charge < -0.3 is 5.32 Å². The summed E-state index contributed by atoms with van der Waals surface area (Å²) in [7, 11) is 1.84. The molecule has 5 heteroatoms. The zero-order valence-corrected chi connectivity index (χ0v) is 12.8. The average Bonchev–Trinajstić information content (AvgIpc) is 2.86. The standard InChI is InChI=1S/C14H17N3S2/c1-14(10-15,16-2)8-5-9-18-13-17-11-6-3-4-7-12(11)19-13/h3-4,6-7,16H,5,8-9H2,1-2H3. The molecule has 0 fully saturated rings. The molecule has 1 aromatic carbocycles. The quantitative estimate of drug-likeness (QED) is 0.651. The molecule has 0 saturated carbocycles. The maximum absolute atomic E-state index is 9.07. The van der Waals surface area contributed by atoms with Gasteiger partial charge >= 0.3 is 0 Å². The molecule has 0 aliphatic carbocycles. The molecular formula is C14H17N3S2. The third-order valence-corrected chi connectivity index (χ3v) is 5.39. The minimum absolute atomic E-state index is 0.409. The van der Waals surface area contributed by atoms with E-state index < -0.39 is 5.54 Å². The summed E-state index contributed by atoms with van der Waals surface area (Å²) in [6, 6.07) is 10.5. The lowest BCUT2D eigenvalue weighted by Gasteiger charge is -2.19. The van der Waals surface area contributed by atoms with E-state index in [1.54, 1.807) is 23.1 Å². The lowest BCUT2D eigenvalue weighted by Crippen LogP contribution is -2.37. The number of nitriles is 1. The molecule has 1 aromatic heterocycles. The lowest BCUT2D eigenvalue weighted by atomic mass is 9.99. The Morgan fingerprint density at radius 1 is 1.47 bits per heavy atom. The van der Waals surface area contributed by atoms with Gasteiger partial charge in [-0.1, -0.05) is 23.9 Å². The van der Waals surface area contributed by atoms with Gasteiger partial charge in [0, 0.05) is 5.75 Å². The predicted molar refractivity (Wildman–Crippen MR) is 82.7 cm³/mol. The van der Waals surface area contributed by atoms with Gasteiger partial charge in [0.25, 0.3) is 0 Å². The number of rotatable bonds is 6. The van der Waals surface area contributed by atoms with Crippen molar-refractivity contribution in [3.05, 3.63) is 24.3 Å². The van der Waals surface area contributed by atoms with Crippen molar-refractivity contribution < 1.29 is 0 Å². The van der Waals surface area contributed by atoms with Crippen LogP contribution in [0.1, 0.15) is 19.8 Å². The van der Waals surface area contributed by atoms with Crippen LogP contribution in [0, 0.1) is 11.3 Å². The fourth-order valence-corrected chi connectivity index (χ4v) is 3.81. The Labute approximate surface area is 122 Å². The molecule has 1 heterocycles. The number of hydrogen-bond donors (Lipinski definition) is 1. The second-order valence-electron chi connectivity index (χ2n) is 4.59. The van der Waals surface area contributed by atoms with Crippen LogP contribution in [0.2, 0.25) is 0 Å². The Morgan fingerprint density at radius 2 is 2.26 bits per heavy atom. The molecule has 100 valence electrons. The van der Waals surface area contributed by atoms with Crippen LogP contribution in [0.3, 0.4) is 0 Å². The summed E-state index contributed by atoms with van der Waals surface area (Å²) >= 11 is 3.52. The molecule has 1 atom stereocenters. The van der Waals surface area contributed by atoms with Gasteiger partial charge in [-0.25, -0.2) is 4.98 Å². The second-order valence-corrected chi connectivity index (χ2v) is 6.97. The van der Waals surface area contributed by atoms with Gasteiger partial charge in [0.15, 0.2) is 4.34 Å². The molecule has 1 unspecified atom stereocenters. The van der Waals surface area contributed by atoms with Gasteiger partial charge in [-0.3, -0.25) is 0 Å². The van der Waals surface area contributed by atoms with Crippen LogP contribution in [-0.2, 0) is 0 Å². The number of thiazole rings is 1. The van der Waals surface area contributed by atoms with Crippen molar-refractivity contribution in [2.24, 2.45) is 0 Å². The number of nitrogens with zero attached hydrogens (tertiary/aromatic N) is 2. The summed E-state index contributed by atoms with van der Waals surface area (Å²) in [6.07, 6.45) is 1.86. The van der Waals surface area contributed by atoms with Gasteiger partial charge in [0.05, 0.1) is 16.3 Å². The smallest absolute Gasteiger partial charge is 0.151 e. The summed E-state index contributed by atoms with van der Waals surface area (Å²) in [6.45, 7) is 1.94. The highest BCUT2D eigenvalue weighted by Crippen LogP contribution is 2.30. The van der Waals surface area contributed by atoms with Crippen molar-refractivity contribution in [3.63, 3.8) is 0 Å². The summed E-state index contributed by atoms with van der Waals surface area (Å²) in [4.78, 5) is 4.59. The monoisotopic (exact) mass is 291 g/mol. The minimum Gasteiger partial charge on any atom is -0.303 e. The lowest BCUT2D eigenvalue weighted by molar-refractivity contribution is 0.451. The number of benzene rings is 1. The molecule has 2 aromatic rings. The first-order valence-corrected chi connectivity index (χ1v) is 8.05. The molecule has 2 rings (SSSR count). The second kappa shape index (κ2) is 6.38. The highest BCUT2D eigenvalue weighted by atomic mass is 32.2. The van der Waals surface area contributed by atoms with Crippen molar-refractivity contribution in [2.45, 2.75) is 29.6 Å². The van der Waals surface area contributed by atoms with Crippen LogP contribution in [0.15, 0.2) is 28.6 Å². The largest absolute Gasteiger partial charge is 0.303 e. The normalized spacial score (nSPS) is 14.2. The third-order valence-electron chi connectivity index (χ3n) is 3.12. The van der Waals surface area contributed by atoms with E-state index in [-0.39, 0.29) is 0 Å². The van der Waals surface area contributed by atoms with E-state index in [1.807, 2.05) is 32.2 Å². The maximum atomic E-state index is 9.07. The third kappa shape index (κ3) is 3.69. The van der Waals surface area contributed by atoms with E-state index >= 15 is 0 Å². The first kappa shape index (κ1) is 14.3. The highest BCUT2D eigenvalue weighted by molar-refractivity contribution is 8.01. The molecule has 0 bridgehead atoms. The number of para-hydroxylation sites is 1. The number of aromatic nitrogens is 1. The topological polar surface area (TPSA) is 48.7 Å². The van der Waals surface area contributed by atoms with Gasteiger partial charge in [0.1, 0.15) is 5.54 Å². The average molecular weight is 291 g/mol. The fraction of sp³-hybridized carbons (Fsp3) is 0.429. The van der Waals surface area contributed by atoms with Crippen molar-refractivity contribution in [3.8, 4) is 6.07 Å². The zero-order chi connectivity index (χ0) is 13.7. The highest BCUT2D eigenvalue weighted by Gasteiger charge is 2.20. The SMILES string of the molecule is CNC(C)(C#N)CCCSc1nc2ccccc2s1. The van der Waals surface area contributed by atoms with Crippen molar-refractivity contribution in [1.29, 1.82) is 5.26 Å². The Hall–Kier alpha value is -1.09. The Balaban J connectivity index is 1.85. The fourth-order valence-electron chi connectivity index (χ4n) is 1.73. The number of hydrogen-bond acceptors (Lipinski definition) is 5. The van der Waals surface area contributed by atoms with Gasteiger partial charge in [-0.05, 0) is 38.9 Å². The summed E-state index contributed by atoms with van der Waals surface area (Å²) < 4.78 is 2.35. The van der Waals surface area contributed by atoms with Crippen LogP contribution in [0.25, 0.3) is 10.2 Å². The molecule has 1 N–H and O–H groups in total. The first-order valence-electron chi connectivity index (χ1n) is 6.25. The van der Waals surface area contributed by atoms with E-state index in [9.17, 15) is 0 Å². The van der Waals surface area contributed by atoms with Crippen LogP contribution < -0.4 is 5.32 Å². The van der Waals surface area contributed by atoms with E-state index in [4.69, 9.17) is 5.26 Å².